The fourth-order valence-corrected chi connectivity index (χ4v) is 1.18. The molecule has 0 fully saturated rings. The Morgan fingerprint density at radius 2 is 1.94 bits per heavy atom. The van der Waals surface area contributed by atoms with Crippen LogP contribution < -0.4 is 10.5 Å². The number of rotatable bonds is 5. The zero-order valence-electron chi connectivity index (χ0n) is 8.84. The summed E-state index contributed by atoms with van der Waals surface area (Å²) in [4.78, 5) is 22.0. The molecule has 0 radical (unpaired) electrons. The largest absolute Gasteiger partial charge is 0.497 e. The number of benzene rings is 1. The van der Waals surface area contributed by atoms with Crippen LogP contribution in [0.2, 0.25) is 0 Å². The summed E-state index contributed by atoms with van der Waals surface area (Å²) in [5.74, 6) is -0.835. The van der Waals surface area contributed by atoms with E-state index in [1.807, 2.05) is 0 Å². The van der Waals surface area contributed by atoms with Gasteiger partial charge in [0.25, 0.3) is 0 Å². The third-order valence-electron chi connectivity index (χ3n) is 2.13. The van der Waals surface area contributed by atoms with Gasteiger partial charge in [-0.15, -0.1) is 0 Å². The molecule has 1 aromatic rings. The minimum absolute atomic E-state index is 0.207. The fraction of sp³-hybridized carbons (Fsp3) is 0.273. The molecule has 0 aromatic heterocycles. The first-order valence-electron chi connectivity index (χ1n) is 4.70. The van der Waals surface area contributed by atoms with E-state index in [0.717, 1.165) is 0 Å². The maximum Gasteiger partial charge on any atom is 0.320 e. The quantitative estimate of drug-likeness (QED) is 0.716. The SMILES string of the molecule is COc1ccc(C(=O)C[C@H](N)C(=O)O)cc1. The van der Waals surface area contributed by atoms with E-state index in [1.165, 1.54) is 7.11 Å². The van der Waals surface area contributed by atoms with Crippen molar-refractivity contribution in [2.24, 2.45) is 5.73 Å². The lowest BCUT2D eigenvalue weighted by Gasteiger charge is -2.06. The molecule has 0 aliphatic carbocycles. The summed E-state index contributed by atoms with van der Waals surface area (Å²) in [6.07, 6.45) is -0.207. The van der Waals surface area contributed by atoms with Crippen molar-refractivity contribution in [1.29, 1.82) is 0 Å². The number of hydrogen-bond donors (Lipinski definition) is 2. The van der Waals surface area contributed by atoms with Gasteiger partial charge in [-0.1, -0.05) is 0 Å². The van der Waals surface area contributed by atoms with Crippen LogP contribution >= 0.6 is 0 Å². The van der Waals surface area contributed by atoms with Gasteiger partial charge in [-0.3, -0.25) is 9.59 Å². The summed E-state index contributed by atoms with van der Waals surface area (Å²) >= 11 is 0. The number of carbonyl (C=O) groups excluding carboxylic acids is 1. The van der Waals surface area contributed by atoms with Crippen LogP contribution in [-0.4, -0.2) is 30.0 Å². The highest BCUT2D eigenvalue weighted by Gasteiger charge is 2.17. The molecule has 0 spiro atoms. The molecule has 86 valence electrons. The Labute approximate surface area is 92.8 Å². The molecule has 0 unspecified atom stereocenters. The number of ketones is 1. The van der Waals surface area contributed by atoms with Gasteiger partial charge in [0.2, 0.25) is 0 Å². The third kappa shape index (κ3) is 3.06. The highest BCUT2D eigenvalue weighted by Crippen LogP contribution is 2.13. The topological polar surface area (TPSA) is 89.6 Å². The summed E-state index contributed by atoms with van der Waals surface area (Å²) < 4.78 is 4.94. The van der Waals surface area contributed by atoms with Gasteiger partial charge in [-0.25, -0.2) is 0 Å². The van der Waals surface area contributed by atoms with Crippen LogP contribution in [0.1, 0.15) is 16.8 Å². The summed E-state index contributed by atoms with van der Waals surface area (Å²) in [6.45, 7) is 0. The maximum atomic E-state index is 11.6. The fourth-order valence-electron chi connectivity index (χ4n) is 1.18. The number of Topliss-reactive ketones (excluding diaryl/α,β-unsaturated/α-hetero) is 1. The van der Waals surface area contributed by atoms with Crippen LogP contribution in [0.25, 0.3) is 0 Å². The van der Waals surface area contributed by atoms with E-state index in [0.29, 0.717) is 11.3 Å². The standard InChI is InChI=1S/C11H13NO4/c1-16-8-4-2-7(3-5-8)10(13)6-9(12)11(14)15/h2-5,9H,6,12H2,1H3,(H,14,15)/t9-/m0/s1. The molecule has 0 saturated heterocycles. The molecular weight excluding hydrogens is 210 g/mol. The normalized spacial score (nSPS) is 11.9. The van der Waals surface area contributed by atoms with E-state index in [4.69, 9.17) is 15.6 Å². The molecule has 3 N–H and O–H groups in total. The Kier molecular flexibility index (Phi) is 4.02. The van der Waals surface area contributed by atoms with E-state index >= 15 is 0 Å². The summed E-state index contributed by atoms with van der Waals surface area (Å²) in [6, 6.07) is 5.28. The predicted molar refractivity (Wildman–Crippen MR) is 57.6 cm³/mol. The molecule has 16 heavy (non-hydrogen) atoms. The second kappa shape index (κ2) is 5.27. The van der Waals surface area contributed by atoms with Crippen molar-refractivity contribution < 1.29 is 19.4 Å². The van der Waals surface area contributed by atoms with Crippen LogP contribution in [0, 0.1) is 0 Å². The Balaban J connectivity index is 2.69. The molecule has 1 aromatic carbocycles. The Morgan fingerprint density at radius 3 is 2.38 bits per heavy atom. The van der Waals surface area contributed by atoms with Crippen LogP contribution in [-0.2, 0) is 4.79 Å². The second-order valence-corrected chi connectivity index (χ2v) is 3.30. The monoisotopic (exact) mass is 223 g/mol. The van der Waals surface area contributed by atoms with Gasteiger partial charge >= 0.3 is 5.97 Å². The van der Waals surface area contributed by atoms with Gasteiger partial charge in [0.05, 0.1) is 7.11 Å². The van der Waals surface area contributed by atoms with E-state index < -0.39 is 12.0 Å². The summed E-state index contributed by atoms with van der Waals surface area (Å²) in [7, 11) is 1.52. The van der Waals surface area contributed by atoms with Crippen molar-refractivity contribution in [2.45, 2.75) is 12.5 Å². The number of methoxy groups -OCH3 is 1. The Bertz CT molecular complexity index is 385. The van der Waals surface area contributed by atoms with E-state index in [9.17, 15) is 9.59 Å². The number of carbonyl (C=O) groups is 2. The van der Waals surface area contributed by atoms with E-state index in [-0.39, 0.29) is 12.2 Å². The van der Waals surface area contributed by atoms with Crippen molar-refractivity contribution >= 4 is 11.8 Å². The highest BCUT2D eigenvalue weighted by atomic mass is 16.5. The number of nitrogens with two attached hydrogens (primary N) is 1. The van der Waals surface area contributed by atoms with Crippen LogP contribution in [0.15, 0.2) is 24.3 Å². The van der Waals surface area contributed by atoms with Gasteiger partial charge in [-0.05, 0) is 24.3 Å². The lowest BCUT2D eigenvalue weighted by molar-refractivity contribution is -0.138. The molecule has 5 heteroatoms. The number of aliphatic carboxylic acids is 1. The van der Waals surface area contributed by atoms with Crippen LogP contribution in [0.3, 0.4) is 0 Å². The highest BCUT2D eigenvalue weighted by molar-refractivity contribution is 5.98. The van der Waals surface area contributed by atoms with Crippen LogP contribution in [0.4, 0.5) is 0 Å². The van der Waals surface area contributed by atoms with Crippen molar-refractivity contribution in [1.82, 2.24) is 0 Å². The molecule has 0 amide bonds. The van der Waals surface area contributed by atoms with E-state index in [1.54, 1.807) is 24.3 Å². The smallest absolute Gasteiger partial charge is 0.320 e. The molecule has 0 saturated carbocycles. The molecule has 0 aliphatic rings. The number of ether oxygens (including phenoxy) is 1. The van der Waals surface area contributed by atoms with Gasteiger partial charge in [0.1, 0.15) is 11.8 Å². The summed E-state index contributed by atoms with van der Waals surface area (Å²) in [5.41, 5.74) is 5.69. The van der Waals surface area contributed by atoms with Gasteiger partial charge in [-0.2, -0.15) is 0 Å². The average Bonchev–Trinajstić information content (AvgIpc) is 2.28. The predicted octanol–water partition coefficient (Wildman–Crippen LogP) is 0.680. The van der Waals surface area contributed by atoms with Gasteiger partial charge in [0, 0.05) is 12.0 Å². The first kappa shape index (κ1) is 12.2. The first-order chi connectivity index (χ1) is 7.54. The third-order valence-corrected chi connectivity index (χ3v) is 2.13. The summed E-state index contributed by atoms with van der Waals surface area (Å²) in [5, 5.41) is 8.56. The van der Waals surface area contributed by atoms with Gasteiger partial charge in [0.15, 0.2) is 5.78 Å². The number of carboxylic acids is 1. The minimum Gasteiger partial charge on any atom is -0.497 e. The molecule has 0 bridgehead atoms. The Morgan fingerprint density at radius 1 is 1.38 bits per heavy atom. The van der Waals surface area contributed by atoms with Gasteiger partial charge < -0.3 is 15.6 Å². The first-order valence-corrected chi connectivity index (χ1v) is 4.70. The zero-order valence-corrected chi connectivity index (χ0v) is 8.84. The van der Waals surface area contributed by atoms with Crippen molar-refractivity contribution in [2.75, 3.05) is 7.11 Å². The van der Waals surface area contributed by atoms with Crippen molar-refractivity contribution in [3.05, 3.63) is 29.8 Å². The lowest BCUT2D eigenvalue weighted by atomic mass is 10.0. The second-order valence-electron chi connectivity index (χ2n) is 3.30. The molecule has 5 nitrogen and oxygen atoms in total. The van der Waals surface area contributed by atoms with Crippen molar-refractivity contribution in [3.8, 4) is 5.75 Å². The maximum absolute atomic E-state index is 11.6. The average molecular weight is 223 g/mol. The molecular formula is C11H13NO4. The molecule has 1 atom stereocenters. The lowest BCUT2D eigenvalue weighted by Crippen LogP contribution is -2.32. The van der Waals surface area contributed by atoms with Crippen LogP contribution in [0.5, 0.6) is 5.75 Å². The molecule has 0 aliphatic heterocycles. The minimum atomic E-state index is -1.18. The number of hydrogen-bond acceptors (Lipinski definition) is 4. The molecule has 1 rings (SSSR count). The zero-order chi connectivity index (χ0) is 12.1. The molecule has 0 heterocycles. The van der Waals surface area contributed by atoms with Crippen molar-refractivity contribution in [3.63, 3.8) is 0 Å². The number of carboxylic acid groups (broad SMARTS) is 1. The Hall–Kier alpha value is -1.88. The van der Waals surface area contributed by atoms with E-state index in [2.05, 4.69) is 0 Å².